The molecule has 0 aliphatic carbocycles. The number of nitrogens with one attached hydrogen (secondary N) is 1. The molecule has 0 radical (unpaired) electrons. The van der Waals surface area contributed by atoms with Crippen molar-refractivity contribution in [2.45, 2.75) is 32.7 Å². The van der Waals surface area contributed by atoms with Crippen molar-refractivity contribution in [1.82, 2.24) is 9.88 Å². The summed E-state index contributed by atoms with van der Waals surface area (Å²) in [7, 11) is 2.04. The minimum atomic E-state index is -0.0825. The second kappa shape index (κ2) is 7.69. The Balaban J connectivity index is 1.71. The summed E-state index contributed by atoms with van der Waals surface area (Å²) in [5.41, 5.74) is 2.39. The summed E-state index contributed by atoms with van der Waals surface area (Å²) in [6.07, 6.45) is 3.89. The Morgan fingerprint density at radius 2 is 2.14 bits per heavy atom. The number of nitrogens with zero attached hydrogens (tertiary/aromatic N) is 1. The van der Waals surface area contributed by atoms with Crippen LogP contribution in [0.4, 0.5) is 0 Å². The molecule has 1 N–H and O–H groups in total. The van der Waals surface area contributed by atoms with E-state index in [0.717, 1.165) is 24.2 Å². The van der Waals surface area contributed by atoms with Crippen molar-refractivity contribution in [2.24, 2.45) is 7.05 Å². The second-order valence-corrected chi connectivity index (χ2v) is 5.72. The molecule has 118 valence electrons. The number of hydrogen-bond acceptors (Lipinski definition) is 2. The third-order valence-corrected chi connectivity index (χ3v) is 3.65. The van der Waals surface area contributed by atoms with Crippen LogP contribution in [0.15, 0.2) is 42.6 Å². The summed E-state index contributed by atoms with van der Waals surface area (Å²) in [5, 5.41) is 2.97. The summed E-state index contributed by atoms with van der Waals surface area (Å²) >= 11 is 0. The van der Waals surface area contributed by atoms with Gasteiger partial charge in [0.15, 0.2) is 6.61 Å². The van der Waals surface area contributed by atoms with Gasteiger partial charge in [-0.2, -0.15) is 0 Å². The number of aryl methyl sites for hydroxylation is 3. The fourth-order valence-electron chi connectivity index (χ4n) is 2.36. The fraction of sp³-hybridized carbons (Fsp3) is 0.389. The van der Waals surface area contributed by atoms with E-state index in [0.29, 0.717) is 0 Å². The molecule has 4 heteroatoms. The molecular weight excluding hydrogens is 276 g/mol. The first-order chi connectivity index (χ1) is 10.5. The van der Waals surface area contributed by atoms with Gasteiger partial charge in [-0.15, -0.1) is 0 Å². The van der Waals surface area contributed by atoms with Gasteiger partial charge >= 0.3 is 0 Å². The van der Waals surface area contributed by atoms with Gasteiger partial charge < -0.3 is 14.6 Å². The van der Waals surface area contributed by atoms with Crippen LogP contribution in [0.5, 0.6) is 5.75 Å². The van der Waals surface area contributed by atoms with Crippen LogP contribution in [-0.4, -0.2) is 23.1 Å². The Hall–Kier alpha value is -2.23. The van der Waals surface area contributed by atoms with Crippen molar-refractivity contribution in [3.05, 3.63) is 53.9 Å². The zero-order valence-electron chi connectivity index (χ0n) is 13.5. The van der Waals surface area contributed by atoms with Gasteiger partial charge in [0.05, 0.1) is 0 Å². The number of carbonyl (C=O) groups excluding carboxylic acids is 1. The topological polar surface area (TPSA) is 43.3 Å². The molecule has 2 rings (SSSR count). The number of benzene rings is 1. The molecule has 22 heavy (non-hydrogen) atoms. The fourth-order valence-corrected chi connectivity index (χ4v) is 2.36. The lowest BCUT2D eigenvalue weighted by Gasteiger charge is -2.14. The van der Waals surface area contributed by atoms with Crippen molar-refractivity contribution >= 4 is 5.91 Å². The highest BCUT2D eigenvalue weighted by molar-refractivity contribution is 5.77. The van der Waals surface area contributed by atoms with Crippen molar-refractivity contribution < 1.29 is 9.53 Å². The molecular formula is C18H24N2O2. The van der Waals surface area contributed by atoms with Crippen molar-refractivity contribution in [3.8, 4) is 5.75 Å². The van der Waals surface area contributed by atoms with Crippen LogP contribution in [0.2, 0.25) is 0 Å². The van der Waals surface area contributed by atoms with Crippen LogP contribution in [0.3, 0.4) is 0 Å². The quantitative estimate of drug-likeness (QED) is 0.854. The van der Waals surface area contributed by atoms with Crippen LogP contribution < -0.4 is 10.1 Å². The van der Waals surface area contributed by atoms with Crippen LogP contribution in [0.1, 0.15) is 24.6 Å². The minimum Gasteiger partial charge on any atom is -0.484 e. The van der Waals surface area contributed by atoms with Gasteiger partial charge in [-0.3, -0.25) is 4.79 Å². The number of ether oxygens (including phenoxy) is 1. The van der Waals surface area contributed by atoms with Crippen molar-refractivity contribution in [2.75, 3.05) is 6.61 Å². The van der Waals surface area contributed by atoms with Crippen LogP contribution in [-0.2, 0) is 18.3 Å². The third-order valence-electron chi connectivity index (χ3n) is 3.65. The Morgan fingerprint density at radius 1 is 1.32 bits per heavy atom. The molecule has 1 amide bonds. The maximum atomic E-state index is 11.9. The summed E-state index contributed by atoms with van der Waals surface area (Å²) in [6, 6.07) is 12.0. The van der Waals surface area contributed by atoms with Gasteiger partial charge in [0.25, 0.3) is 5.91 Å². The molecule has 1 heterocycles. The van der Waals surface area contributed by atoms with Gasteiger partial charge in [-0.05, 0) is 56.5 Å². The lowest BCUT2D eigenvalue weighted by molar-refractivity contribution is -0.123. The molecule has 0 saturated heterocycles. The maximum Gasteiger partial charge on any atom is 0.258 e. The zero-order chi connectivity index (χ0) is 15.9. The van der Waals surface area contributed by atoms with Crippen LogP contribution in [0.25, 0.3) is 0 Å². The normalized spacial score (nSPS) is 12.0. The van der Waals surface area contributed by atoms with Gasteiger partial charge in [0.1, 0.15) is 5.75 Å². The SMILES string of the molecule is Cc1cccc(OCC(=O)NC(C)CCc2cccn2C)c1. The molecule has 2 aromatic rings. The van der Waals surface area contributed by atoms with Gasteiger partial charge in [-0.1, -0.05) is 12.1 Å². The molecule has 1 aromatic heterocycles. The molecule has 1 unspecified atom stereocenters. The molecule has 1 aromatic carbocycles. The molecule has 0 bridgehead atoms. The van der Waals surface area contributed by atoms with E-state index < -0.39 is 0 Å². The molecule has 0 aliphatic heterocycles. The number of amides is 1. The lowest BCUT2D eigenvalue weighted by atomic mass is 10.1. The van der Waals surface area contributed by atoms with Crippen LogP contribution in [0, 0.1) is 6.92 Å². The Bertz CT molecular complexity index is 619. The number of carbonyl (C=O) groups is 1. The highest BCUT2D eigenvalue weighted by Crippen LogP contribution is 2.12. The van der Waals surface area contributed by atoms with E-state index >= 15 is 0 Å². The molecule has 0 aliphatic rings. The summed E-state index contributed by atoms with van der Waals surface area (Å²) in [5.74, 6) is 0.646. The number of aromatic nitrogens is 1. The molecule has 4 nitrogen and oxygen atoms in total. The molecule has 1 atom stereocenters. The summed E-state index contributed by atoms with van der Waals surface area (Å²) in [4.78, 5) is 11.9. The monoisotopic (exact) mass is 300 g/mol. The first kappa shape index (κ1) is 16.1. The maximum absolute atomic E-state index is 11.9. The number of rotatable bonds is 7. The first-order valence-corrected chi connectivity index (χ1v) is 7.63. The van der Waals surface area contributed by atoms with E-state index in [1.807, 2.05) is 57.4 Å². The zero-order valence-corrected chi connectivity index (χ0v) is 13.5. The highest BCUT2D eigenvalue weighted by Gasteiger charge is 2.09. The van der Waals surface area contributed by atoms with Crippen molar-refractivity contribution in [3.63, 3.8) is 0 Å². The third kappa shape index (κ3) is 4.95. The van der Waals surface area contributed by atoms with E-state index in [2.05, 4.69) is 16.0 Å². The predicted molar refractivity (Wildman–Crippen MR) is 88.0 cm³/mol. The first-order valence-electron chi connectivity index (χ1n) is 7.63. The highest BCUT2D eigenvalue weighted by atomic mass is 16.5. The Labute approximate surface area is 132 Å². The standard InChI is InChI=1S/C18H24N2O2/c1-14-6-4-8-17(12-14)22-13-18(21)19-15(2)9-10-16-7-5-11-20(16)3/h4-8,11-12,15H,9-10,13H2,1-3H3,(H,19,21). The van der Waals surface area contributed by atoms with Gasteiger partial charge in [0.2, 0.25) is 0 Å². The Kier molecular flexibility index (Phi) is 5.64. The van der Waals surface area contributed by atoms with E-state index in [-0.39, 0.29) is 18.6 Å². The molecule has 0 saturated carbocycles. The average Bonchev–Trinajstić information content (AvgIpc) is 2.88. The smallest absolute Gasteiger partial charge is 0.258 e. The lowest BCUT2D eigenvalue weighted by Crippen LogP contribution is -2.36. The predicted octanol–water partition coefficient (Wildman–Crippen LogP) is 2.85. The van der Waals surface area contributed by atoms with Gasteiger partial charge in [-0.25, -0.2) is 0 Å². The Morgan fingerprint density at radius 3 is 2.82 bits per heavy atom. The van der Waals surface area contributed by atoms with Crippen molar-refractivity contribution in [1.29, 1.82) is 0 Å². The summed E-state index contributed by atoms with van der Waals surface area (Å²) < 4.78 is 7.61. The minimum absolute atomic E-state index is 0.0535. The van der Waals surface area contributed by atoms with Gasteiger partial charge in [0, 0.05) is 25.0 Å². The van der Waals surface area contributed by atoms with Crippen LogP contribution >= 0.6 is 0 Å². The largest absolute Gasteiger partial charge is 0.484 e. The van der Waals surface area contributed by atoms with E-state index in [1.54, 1.807) is 0 Å². The molecule has 0 fully saturated rings. The van der Waals surface area contributed by atoms with E-state index in [9.17, 15) is 4.79 Å². The summed E-state index contributed by atoms with van der Waals surface area (Å²) in [6.45, 7) is 4.07. The van der Waals surface area contributed by atoms with E-state index in [1.165, 1.54) is 5.69 Å². The van der Waals surface area contributed by atoms with E-state index in [4.69, 9.17) is 4.74 Å². The number of hydrogen-bond donors (Lipinski definition) is 1. The second-order valence-electron chi connectivity index (χ2n) is 5.72. The molecule has 0 spiro atoms. The average molecular weight is 300 g/mol.